The van der Waals surface area contributed by atoms with E-state index in [1.165, 1.54) is 0 Å². The second-order valence-electron chi connectivity index (χ2n) is 5.12. The van der Waals surface area contributed by atoms with Crippen LogP contribution in [0.15, 0.2) is 0 Å². The molecule has 0 radical (unpaired) electrons. The fourth-order valence-corrected chi connectivity index (χ4v) is 2.64. The first-order valence-electron chi connectivity index (χ1n) is 6.17. The van der Waals surface area contributed by atoms with E-state index in [2.05, 4.69) is 11.8 Å². The topological polar surface area (TPSA) is 49.6 Å². The summed E-state index contributed by atoms with van der Waals surface area (Å²) in [5.41, 5.74) is 5.25. The van der Waals surface area contributed by atoms with Gasteiger partial charge >= 0.3 is 0 Å². The van der Waals surface area contributed by atoms with Crippen molar-refractivity contribution in [2.24, 2.45) is 5.73 Å². The van der Waals surface area contributed by atoms with E-state index in [0.29, 0.717) is 12.6 Å². The molecule has 1 aliphatic rings. The Morgan fingerprint density at radius 3 is 2.56 bits per heavy atom. The Morgan fingerprint density at radius 1 is 1.44 bits per heavy atom. The van der Waals surface area contributed by atoms with E-state index in [1.807, 2.05) is 25.8 Å². The highest BCUT2D eigenvalue weighted by Crippen LogP contribution is 2.26. The predicted molar refractivity (Wildman–Crippen MR) is 66.2 cm³/mol. The van der Waals surface area contributed by atoms with Crippen LogP contribution in [0, 0.1) is 0 Å². The van der Waals surface area contributed by atoms with Crippen molar-refractivity contribution in [3.8, 4) is 0 Å². The van der Waals surface area contributed by atoms with Crippen molar-refractivity contribution >= 4 is 5.91 Å². The van der Waals surface area contributed by atoms with Crippen molar-refractivity contribution < 1.29 is 4.79 Å². The lowest BCUT2D eigenvalue weighted by Crippen LogP contribution is -2.64. The van der Waals surface area contributed by atoms with E-state index < -0.39 is 0 Å². The maximum absolute atomic E-state index is 12.1. The van der Waals surface area contributed by atoms with Gasteiger partial charge in [-0.3, -0.25) is 9.69 Å². The number of nitrogens with two attached hydrogens (primary N) is 1. The lowest BCUT2D eigenvalue weighted by atomic mass is 9.93. The smallest absolute Gasteiger partial charge is 0.242 e. The summed E-state index contributed by atoms with van der Waals surface area (Å²) in [5.74, 6) is 0.217. The van der Waals surface area contributed by atoms with Crippen LogP contribution in [0.1, 0.15) is 33.6 Å². The molecule has 16 heavy (non-hydrogen) atoms. The van der Waals surface area contributed by atoms with Crippen LogP contribution in [0.5, 0.6) is 0 Å². The molecule has 1 unspecified atom stereocenters. The van der Waals surface area contributed by atoms with Gasteiger partial charge in [0.1, 0.15) is 0 Å². The molecule has 1 saturated heterocycles. The van der Waals surface area contributed by atoms with E-state index in [-0.39, 0.29) is 11.4 Å². The highest BCUT2D eigenvalue weighted by Gasteiger charge is 2.42. The van der Waals surface area contributed by atoms with Crippen molar-refractivity contribution in [2.75, 3.05) is 26.7 Å². The van der Waals surface area contributed by atoms with Gasteiger partial charge in [-0.05, 0) is 33.2 Å². The van der Waals surface area contributed by atoms with Gasteiger partial charge in [-0.1, -0.05) is 6.92 Å². The minimum atomic E-state index is -0.386. The van der Waals surface area contributed by atoms with Gasteiger partial charge in [0.15, 0.2) is 0 Å². The van der Waals surface area contributed by atoms with Crippen LogP contribution in [0.2, 0.25) is 0 Å². The molecule has 94 valence electrons. The number of hydrogen-bond donors (Lipinski definition) is 1. The Labute approximate surface area is 98.8 Å². The first kappa shape index (κ1) is 13.5. The monoisotopic (exact) mass is 227 g/mol. The number of carbonyl (C=O) groups excluding carboxylic acids is 1. The summed E-state index contributed by atoms with van der Waals surface area (Å²) in [6, 6.07) is 0.428. The van der Waals surface area contributed by atoms with Crippen molar-refractivity contribution in [2.45, 2.75) is 45.2 Å². The molecule has 0 aliphatic carbocycles. The standard InChI is InChI=1S/C12H25N3O/c1-5-10(6-7-13)15-9-8-14(4)11(16)12(15,2)3/h10H,5-9,13H2,1-4H3. The zero-order valence-corrected chi connectivity index (χ0v) is 11.0. The summed E-state index contributed by atoms with van der Waals surface area (Å²) < 4.78 is 0. The summed E-state index contributed by atoms with van der Waals surface area (Å²) in [6.07, 6.45) is 2.02. The summed E-state index contributed by atoms with van der Waals surface area (Å²) >= 11 is 0. The molecule has 0 spiro atoms. The lowest BCUT2D eigenvalue weighted by molar-refractivity contribution is -0.149. The van der Waals surface area contributed by atoms with Gasteiger partial charge in [-0.15, -0.1) is 0 Å². The Balaban J connectivity index is 2.83. The SMILES string of the molecule is CCC(CCN)N1CCN(C)C(=O)C1(C)C. The van der Waals surface area contributed by atoms with Crippen LogP contribution in [0.3, 0.4) is 0 Å². The largest absolute Gasteiger partial charge is 0.343 e. The molecule has 1 atom stereocenters. The van der Waals surface area contributed by atoms with Crippen LogP contribution < -0.4 is 5.73 Å². The van der Waals surface area contributed by atoms with E-state index in [9.17, 15) is 4.79 Å². The van der Waals surface area contributed by atoms with E-state index in [4.69, 9.17) is 5.73 Å². The first-order valence-corrected chi connectivity index (χ1v) is 6.17. The number of likely N-dealkylation sites (N-methyl/N-ethyl adjacent to an activating group) is 1. The van der Waals surface area contributed by atoms with Crippen LogP contribution in [-0.2, 0) is 4.79 Å². The fourth-order valence-electron chi connectivity index (χ4n) is 2.64. The molecule has 4 nitrogen and oxygen atoms in total. The zero-order chi connectivity index (χ0) is 12.3. The Bertz CT molecular complexity index is 253. The molecule has 1 amide bonds. The van der Waals surface area contributed by atoms with Crippen molar-refractivity contribution in [3.63, 3.8) is 0 Å². The number of carbonyl (C=O) groups is 1. The molecule has 1 heterocycles. The molecule has 0 bridgehead atoms. The van der Waals surface area contributed by atoms with Crippen molar-refractivity contribution in [1.82, 2.24) is 9.80 Å². The number of amides is 1. The van der Waals surface area contributed by atoms with Gasteiger partial charge in [-0.25, -0.2) is 0 Å². The quantitative estimate of drug-likeness (QED) is 0.768. The number of rotatable bonds is 4. The predicted octanol–water partition coefficient (Wildman–Crippen LogP) is 0.666. The normalized spacial score (nSPS) is 23.6. The number of piperazine rings is 1. The molecule has 0 aromatic carbocycles. The lowest BCUT2D eigenvalue weighted by Gasteiger charge is -2.48. The van der Waals surface area contributed by atoms with Gasteiger partial charge in [0, 0.05) is 26.2 Å². The molecule has 0 aromatic rings. The van der Waals surface area contributed by atoms with Crippen LogP contribution >= 0.6 is 0 Å². The number of nitrogens with zero attached hydrogens (tertiary/aromatic N) is 2. The summed E-state index contributed by atoms with van der Waals surface area (Å²) in [7, 11) is 1.88. The van der Waals surface area contributed by atoms with Gasteiger partial charge in [0.05, 0.1) is 5.54 Å². The third-order valence-electron chi connectivity index (χ3n) is 3.68. The second kappa shape index (κ2) is 5.15. The van der Waals surface area contributed by atoms with Gasteiger partial charge in [0.25, 0.3) is 0 Å². The molecule has 4 heteroatoms. The average molecular weight is 227 g/mol. The summed E-state index contributed by atoms with van der Waals surface area (Å²) in [5, 5.41) is 0. The van der Waals surface area contributed by atoms with Crippen LogP contribution in [0.25, 0.3) is 0 Å². The van der Waals surface area contributed by atoms with Crippen LogP contribution in [-0.4, -0.2) is 54.0 Å². The Hall–Kier alpha value is -0.610. The van der Waals surface area contributed by atoms with Gasteiger partial charge in [-0.2, -0.15) is 0 Å². The van der Waals surface area contributed by atoms with E-state index >= 15 is 0 Å². The van der Waals surface area contributed by atoms with Gasteiger partial charge < -0.3 is 10.6 Å². The maximum Gasteiger partial charge on any atom is 0.242 e. The van der Waals surface area contributed by atoms with E-state index in [0.717, 1.165) is 25.9 Å². The third kappa shape index (κ3) is 2.38. The van der Waals surface area contributed by atoms with Gasteiger partial charge in [0.2, 0.25) is 5.91 Å². The average Bonchev–Trinajstić information content (AvgIpc) is 2.24. The molecular formula is C12H25N3O. The molecule has 0 aromatic heterocycles. The van der Waals surface area contributed by atoms with Crippen molar-refractivity contribution in [1.29, 1.82) is 0 Å². The zero-order valence-electron chi connectivity index (χ0n) is 11.0. The minimum Gasteiger partial charge on any atom is -0.343 e. The highest BCUT2D eigenvalue weighted by atomic mass is 16.2. The Kier molecular flexibility index (Phi) is 4.33. The first-order chi connectivity index (χ1) is 7.45. The summed E-state index contributed by atoms with van der Waals surface area (Å²) in [4.78, 5) is 16.3. The molecule has 1 aliphatic heterocycles. The highest BCUT2D eigenvalue weighted by molar-refractivity contribution is 5.86. The number of hydrogen-bond acceptors (Lipinski definition) is 3. The van der Waals surface area contributed by atoms with Crippen molar-refractivity contribution in [3.05, 3.63) is 0 Å². The second-order valence-corrected chi connectivity index (χ2v) is 5.12. The molecular weight excluding hydrogens is 202 g/mol. The molecule has 2 N–H and O–H groups in total. The molecule has 0 saturated carbocycles. The van der Waals surface area contributed by atoms with E-state index in [1.54, 1.807) is 0 Å². The summed E-state index contributed by atoms with van der Waals surface area (Å²) in [6.45, 7) is 8.67. The van der Waals surface area contributed by atoms with Crippen LogP contribution in [0.4, 0.5) is 0 Å². The fraction of sp³-hybridized carbons (Fsp3) is 0.917. The third-order valence-corrected chi connectivity index (χ3v) is 3.68. The molecule has 1 fully saturated rings. The Morgan fingerprint density at radius 2 is 2.06 bits per heavy atom. The minimum absolute atomic E-state index is 0.217. The molecule has 1 rings (SSSR count). The maximum atomic E-state index is 12.1.